The van der Waals surface area contributed by atoms with Crippen LogP contribution in [-0.2, 0) is 0 Å². The van der Waals surface area contributed by atoms with Gasteiger partial charge in [0, 0.05) is 23.3 Å². The fourth-order valence-electron chi connectivity index (χ4n) is 3.56. The molecule has 0 atom stereocenters. The number of hydrogen-bond donors (Lipinski definition) is 2. The highest BCUT2D eigenvalue weighted by Crippen LogP contribution is 2.40. The summed E-state index contributed by atoms with van der Waals surface area (Å²) in [5, 5.41) is 3.52. The topological polar surface area (TPSA) is 102 Å². The molecule has 1 aliphatic rings. The lowest BCUT2D eigenvalue weighted by atomic mass is 9.79. The Morgan fingerprint density at radius 2 is 1.90 bits per heavy atom. The largest absolute Gasteiger partial charge is 0.383 e. The molecule has 0 amide bonds. The molecule has 1 fully saturated rings. The summed E-state index contributed by atoms with van der Waals surface area (Å²) in [6, 6.07) is 5.27. The Morgan fingerprint density at radius 3 is 2.70 bits per heavy atom. The fraction of sp³-hybridized carbons (Fsp3) is 0.190. The number of nitrogens with two attached hydrogens (primary N) is 1. The molecule has 0 aromatic carbocycles. The van der Waals surface area contributed by atoms with Gasteiger partial charge in [-0.2, -0.15) is 9.37 Å². The van der Waals surface area contributed by atoms with Gasteiger partial charge in [-0.3, -0.25) is 4.98 Å². The molecule has 5 rings (SSSR count). The van der Waals surface area contributed by atoms with E-state index in [9.17, 15) is 8.78 Å². The molecule has 0 aliphatic heterocycles. The number of nitrogens with zero attached hydrogens (tertiary/aromatic N) is 5. The first kappa shape index (κ1) is 18.3. The van der Waals surface area contributed by atoms with Gasteiger partial charge in [-0.1, -0.05) is 6.42 Å². The predicted octanol–water partition coefficient (Wildman–Crippen LogP) is 4.35. The van der Waals surface area contributed by atoms with Crippen molar-refractivity contribution in [3.63, 3.8) is 0 Å². The van der Waals surface area contributed by atoms with E-state index in [-0.39, 0.29) is 11.6 Å². The standard InChI is InChI=1S/C21H17F2N7/c22-14-4-5-16(23)28-21(14)29-17-8-12(6-7-26-17)20-27-15-10-25-9-13(11-2-1-3-11)18(15)19(24)30-20/h4-11H,1-3H2,(H2,24,27,30)(H,26,28,29). The van der Waals surface area contributed by atoms with E-state index in [2.05, 4.69) is 30.2 Å². The Hall–Kier alpha value is -3.75. The number of hydrogen-bond acceptors (Lipinski definition) is 7. The summed E-state index contributed by atoms with van der Waals surface area (Å²) in [5.41, 5.74) is 8.68. The summed E-state index contributed by atoms with van der Waals surface area (Å²) in [4.78, 5) is 21.1. The van der Waals surface area contributed by atoms with E-state index in [0.29, 0.717) is 28.6 Å². The maximum atomic E-state index is 13.9. The SMILES string of the molecule is Nc1nc(-c2ccnc(Nc3nc(F)ccc3F)c2)nc2cncc(C3CCC3)c12. The first-order valence-electron chi connectivity index (χ1n) is 9.55. The molecular weight excluding hydrogens is 388 g/mol. The van der Waals surface area contributed by atoms with Crippen LogP contribution in [0.2, 0.25) is 0 Å². The van der Waals surface area contributed by atoms with Gasteiger partial charge in [0.15, 0.2) is 17.5 Å². The van der Waals surface area contributed by atoms with E-state index in [1.807, 2.05) is 6.20 Å². The Bertz CT molecular complexity index is 1260. The van der Waals surface area contributed by atoms with Gasteiger partial charge in [0.05, 0.1) is 11.7 Å². The molecule has 0 saturated heterocycles. The minimum atomic E-state index is -0.796. The van der Waals surface area contributed by atoms with Crippen molar-refractivity contribution in [2.75, 3.05) is 11.1 Å². The molecular formula is C21H17F2N7. The second kappa shape index (κ2) is 7.25. The predicted molar refractivity (Wildman–Crippen MR) is 109 cm³/mol. The van der Waals surface area contributed by atoms with Crippen LogP contribution in [0.3, 0.4) is 0 Å². The van der Waals surface area contributed by atoms with Crippen molar-refractivity contribution in [2.45, 2.75) is 25.2 Å². The zero-order chi connectivity index (χ0) is 20.7. The van der Waals surface area contributed by atoms with Crippen molar-refractivity contribution >= 4 is 28.4 Å². The number of nitrogen functional groups attached to an aromatic ring is 1. The first-order valence-corrected chi connectivity index (χ1v) is 9.55. The van der Waals surface area contributed by atoms with Gasteiger partial charge in [-0.15, -0.1) is 0 Å². The molecule has 0 spiro atoms. The fourth-order valence-corrected chi connectivity index (χ4v) is 3.56. The summed E-state index contributed by atoms with van der Waals surface area (Å²) < 4.78 is 27.2. The van der Waals surface area contributed by atoms with Gasteiger partial charge in [0.2, 0.25) is 5.95 Å². The van der Waals surface area contributed by atoms with Crippen molar-refractivity contribution in [1.29, 1.82) is 0 Å². The molecule has 4 heterocycles. The molecule has 3 N–H and O–H groups in total. The number of halogens is 2. The third-order valence-electron chi connectivity index (χ3n) is 5.29. The van der Waals surface area contributed by atoms with Gasteiger partial charge >= 0.3 is 0 Å². The third kappa shape index (κ3) is 3.28. The lowest BCUT2D eigenvalue weighted by Gasteiger charge is -2.26. The van der Waals surface area contributed by atoms with Crippen LogP contribution in [0.25, 0.3) is 22.3 Å². The average Bonchev–Trinajstić information content (AvgIpc) is 2.69. The van der Waals surface area contributed by atoms with Crippen LogP contribution in [0.4, 0.5) is 26.2 Å². The second-order valence-corrected chi connectivity index (χ2v) is 7.20. The van der Waals surface area contributed by atoms with Crippen LogP contribution in [-0.4, -0.2) is 24.9 Å². The number of nitrogens with one attached hydrogen (secondary N) is 1. The molecule has 30 heavy (non-hydrogen) atoms. The van der Waals surface area contributed by atoms with Crippen LogP contribution >= 0.6 is 0 Å². The molecule has 4 aromatic rings. The van der Waals surface area contributed by atoms with Crippen molar-refractivity contribution in [3.05, 3.63) is 60.2 Å². The normalized spacial score (nSPS) is 13.9. The monoisotopic (exact) mass is 405 g/mol. The minimum Gasteiger partial charge on any atom is -0.383 e. The number of pyridine rings is 3. The summed E-state index contributed by atoms with van der Waals surface area (Å²) in [7, 11) is 0. The van der Waals surface area contributed by atoms with Crippen LogP contribution < -0.4 is 11.1 Å². The Kier molecular flexibility index (Phi) is 4.42. The summed E-state index contributed by atoms with van der Waals surface area (Å²) in [5.74, 6) is -0.238. The van der Waals surface area contributed by atoms with E-state index in [4.69, 9.17) is 5.73 Å². The van der Waals surface area contributed by atoms with Crippen molar-refractivity contribution in [2.24, 2.45) is 0 Å². The van der Waals surface area contributed by atoms with E-state index in [1.54, 1.807) is 18.3 Å². The van der Waals surface area contributed by atoms with Gasteiger partial charge < -0.3 is 11.1 Å². The summed E-state index contributed by atoms with van der Waals surface area (Å²) in [6.45, 7) is 0. The van der Waals surface area contributed by atoms with Crippen molar-refractivity contribution < 1.29 is 8.78 Å². The Balaban J connectivity index is 1.53. The molecule has 1 aliphatic carbocycles. The molecule has 9 heteroatoms. The van der Waals surface area contributed by atoms with E-state index < -0.39 is 11.8 Å². The van der Waals surface area contributed by atoms with Crippen LogP contribution in [0.1, 0.15) is 30.7 Å². The average molecular weight is 405 g/mol. The van der Waals surface area contributed by atoms with Crippen molar-refractivity contribution in [3.8, 4) is 11.4 Å². The lowest BCUT2D eigenvalue weighted by Crippen LogP contribution is -2.11. The van der Waals surface area contributed by atoms with Gasteiger partial charge in [-0.05, 0) is 48.6 Å². The van der Waals surface area contributed by atoms with Gasteiger partial charge in [0.1, 0.15) is 11.6 Å². The lowest BCUT2D eigenvalue weighted by molar-refractivity contribution is 0.421. The van der Waals surface area contributed by atoms with E-state index in [0.717, 1.165) is 35.9 Å². The maximum absolute atomic E-state index is 13.9. The van der Waals surface area contributed by atoms with E-state index >= 15 is 0 Å². The number of rotatable bonds is 4. The smallest absolute Gasteiger partial charge is 0.214 e. The van der Waals surface area contributed by atoms with Gasteiger partial charge in [-0.25, -0.2) is 19.3 Å². The van der Waals surface area contributed by atoms with Gasteiger partial charge in [0.25, 0.3) is 0 Å². The first-order chi connectivity index (χ1) is 14.6. The highest BCUT2D eigenvalue weighted by Gasteiger charge is 2.24. The van der Waals surface area contributed by atoms with Crippen LogP contribution in [0, 0.1) is 11.8 Å². The molecule has 150 valence electrons. The summed E-state index contributed by atoms with van der Waals surface area (Å²) >= 11 is 0. The van der Waals surface area contributed by atoms with Crippen LogP contribution in [0.15, 0.2) is 42.9 Å². The third-order valence-corrected chi connectivity index (χ3v) is 5.29. The molecule has 4 aromatic heterocycles. The number of aromatic nitrogens is 5. The summed E-state index contributed by atoms with van der Waals surface area (Å²) in [6.07, 6.45) is 8.47. The number of anilines is 3. The zero-order valence-electron chi connectivity index (χ0n) is 15.8. The highest BCUT2D eigenvalue weighted by molar-refractivity contribution is 5.92. The highest BCUT2D eigenvalue weighted by atomic mass is 19.1. The quantitative estimate of drug-likeness (QED) is 0.487. The molecule has 0 unspecified atom stereocenters. The molecule has 0 bridgehead atoms. The van der Waals surface area contributed by atoms with Crippen molar-refractivity contribution in [1.82, 2.24) is 24.9 Å². The second-order valence-electron chi connectivity index (χ2n) is 7.20. The molecule has 0 radical (unpaired) electrons. The molecule has 1 saturated carbocycles. The maximum Gasteiger partial charge on any atom is 0.214 e. The molecule has 7 nitrogen and oxygen atoms in total. The zero-order valence-corrected chi connectivity index (χ0v) is 15.8. The number of fused-ring (bicyclic) bond motifs is 1. The Morgan fingerprint density at radius 1 is 1.03 bits per heavy atom. The minimum absolute atomic E-state index is 0.257. The van der Waals surface area contributed by atoms with Crippen LogP contribution in [0.5, 0.6) is 0 Å². The Labute approximate surface area is 170 Å². The van der Waals surface area contributed by atoms with E-state index in [1.165, 1.54) is 12.6 Å².